The van der Waals surface area contributed by atoms with E-state index in [2.05, 4.69) is 30.0 Å². The van der Waals surface area contributed by atoms with Gasteiger partial charge in [0.2, 0.25) is 0 Å². The highest BCUT2D eigenvalue weighted by molar-refractivity contribution is 5.37. The molecule has 1 aromatic carbocycles. The Morgan fingerprint density at radius 1 is 1.40 bits per heavy atom. The van der Waals surface area contributed by atoms with Gasteiger partial charge < -0.3 is 10.0 Å². The summed E-state index contributed by atoms with van der Waals surface area (Å²) in [5.41, 5.74) is 1.85. The van der Waals surface area contributed by atoms with E-state index in [-0.39, 0.29) is 6.61 Å². The van der Waals surface area contributed by atoms with Crippen molar-refractivity contribution in [1.29, 1.82) is 5.26 Å². The van der Waals surface area contributed by atoms with E-state index in [0.29, 0.717) is 12.0 Å². The average molecular weight is 273 g/mol. The summed E-state index contributed by atoms with van der Waals surface area (Å²) in [5.74, 6) is 0.354. The second kappa shape index (κ2) is 6.85. The smallest absolute Gasteiger partial charge is 0.0995 e. The van der Waals surface area contributed by atoms with Gasteiger partial charge in [0.15, 0.2) is 0 Å². The molecule has 0 spiro atoms. The van der Waals surface area contributed by atoms with Gasteiger partial charge in [0.25, 0.3) is 0 Å². The van der Waals surface area contributed by atoms with Crippen LogP contribution in [-0.4, -0.2) is 54.7 Å². The molecule has 2 rings (SSSR count). The molecule has 0 radical (unpaired) electrons. The number of hydrogen-bond acceptors (Lipinski definition) is 4. The van der Waals surface area contributed by atoms with E-state index in [1.165, 1.54) is 0 Å². The van der Waals surface area contributed by atoms with Crippen LogP contribution in [0.2, 0.25) is 0 Å². The largest absolute Gasteiger partial charge is 0.396 e. The standard InChI is InChI=1S/C16H23N3O/c1-18(2)16-11-19(8-7-15(16)12-20)10-14-6-4-3-5-13(14)9-17/h3-6,15-16,20H,7-8,10-12H2,1-2H3/t15-,16-/m1/s1. The van der Waals surface area contributed by atoms with Crippen molar-refractivity contribution in [3.63, 3.8) is 0 Å². The molecule has 0 unspecified atom stereocenters. The zero-order chi connectivity index (χ0) is 14.5. The molecule has 0 aliphatic carbocycles. The number of piperidine rings is 1. The maximum Gasteiger partial charge on any atom is 0.0995 e. The summed E-state index contributed by atoms with van der Waals surface area (Å²) in [6.07, 6.45) is 1.01. The van der Waals surface area contributed by atoms with Gasteiger partial charge in [-0.05, 0) is 44.6 Å². The van der Waals surface area contributed by atoms with Crippen LogP contribution in [0.1, 0.15) is 17.5 Å². The van der Waals surface area contributed by atoms with Crippen LogP contribution in [0.5, 0.6) is 0 Å². The highest BCUT2D eigenvalue weighted by atomic mass is 16.3. The van der Waals surface area contributed by atoms with E-state index in [1.807, 2.05) is 24.3 Å². The molecule has 1 aromatic rings. The third-order valence-corrected chi connectivity index (χ3v) is 4.24. The molecular weight excluding hydrogens is 250 g/mol. The summed E-state index contributed by atoms with van der Waals surface area (Å²) < 4.78 is 0. The molecule has 20 heavy (non-hydrogen) atoms. The van der Waals surface area contributed by atoms with E-state index < -0.39 is 0 Å². The lowest BCUT2D eigenvalue weighted by Gasteiger charge is -2.41. The fraction of sp³-hybridized carbons (Fsp3) is 0.562. The monoisotopic (exact) mass is 273 g/mol. The Kier molecular flexibility index (Phi) is 5.13. The van der Waals surface area contributed by atoms with Gasteiger partial charge in [0.1, 0.15) is 0 Å². The molecular formula is C16H23N3O. The van der Waals surface area contributed by atoms with Crippen LogP contribution in [0.25, 0.3) is 0 Å². The topological polar surface area (TPSA) is 50.5 Å². The van der Waals surface area contributed by atoms with Gasteiger partial charge in [-0.15, -0.1) is 0 Å². The quantitative estimate of drug-likeness (QED) is 0.898. The van der Waals surface area contributed by atoms with Crippen molar-refractivity contribution in [3.8, 4) is 6.07 Å². The van der Waals surface area contributed by atoms with Crippen LogP contribution in [0, 0.1) is 17.2 Å². The first kappa shape index (κ1) is 15.0. The molecule has 0 bridgehead atoms. The molecule has 1 aliphatic heterocycles. The molecule has 4 nitrogen and oxygen atoms in total. The molecule has 2 atom stereocenters. The van der Waals surface area contributed by atoms with Crippen LogP contribution in [-0.2, 0) is 6.54 Å². The van der Waals surface area contributed by atoms with Gasteiger partial charge in [-0.2, -0.15) is 5.26 Å². The Balaban J connectivity index is 2.06. The minimum Gasteiger partial charge on any atom is -0.396 e. The Morgan fingerprint density at radius 3 is 2.80 bits per heavy atom. The summed E-state index contributed by atoms with van der Waals surface area (Å²) in [6, 6.07) is 10.4. The number of hydrogen-bond donors (Lipinski definition) is 1. The molecule has 1 fully saturated rings. The highest BCUT2D eigenvalue weighted by Crippen LogP contribution is 2.22. The van der Waals surface area contributed by atoms with Crippen LogP contribution in [0.3, 0.4) is 0 Å². The Morgan fingerprint density at radius 2 is 2.15 bits per heavy atom. The van der Waals surface area contributed by atoms with Gasteiger partial charge in [0.05, 0.1) is 11.6 Å². The number of nitrogens with zero attached hydrogens (tertiary/aromatic N) is 3. The van der Waals surface area contributed by atoms with Crippen LogP contribution in [0.15, 0.2) is 24.3 Å². The number of likely N-dealkylation sites (N-methyl/N-ethyl adjacent to an activating group) is 1. The zero-order valence-corrected chi connectivity index (χ0v) is 12.3. The predicted octanol–water partition coefficient (Wildman–Crippen LogP) is 1.30. The van der Waals surface area contributed by atoms with Crippen molar-refractivity contribution < 1.29 is 5.11 Å². The third kappa shape index (κ3) is 3.37. The number of benzene rings is 1. The molecule has 108 valence electrons. The first-order valence-corrected chi connectivity index (χ1v) is 7.13. The van der Waals surface area contributed by atoms with Gasteiger partial charge in [-0.3, -0.25) is 4.90 Å². The number of aliphatic hydroxyl groups is 1. The minimum absolute atomic E-state index is 0.255. The summed E-state index contributed by atoms with van der Waals surface area (Å²) in [4.78, 5) is 4.58. The van der Waals surface area contributed by atoms with E-state index in [1.54, 1.807) is 0 Å². The maximum atomic E-state index is 9.48. The fourth-order valence-electron chi connectivity index (χ4n) is 3.00. The normalized spacial score (nSPS) is 23.8. The van der Waals surface area contributed by atoms with Crippen LogP contribution >= 0.6 is 0 Å². The minimum atomic E-state index is 0.255. The van der Waals surface area contributed by atoms with Crippen molar-refractivity contribution >= 4 is 0 Å². The molecule has 1 N–H and O–H groups in total. The van der Waals surface area contributed by atoms with Crippen LogP contribution < -0.4 is 0 Å². The van der Waals surface area contributed by atoms with Crippen molar-refractivity contribution in [2.24, 2.45) is 5.92 Å². The molecule has 1 heterocycles. The number of likely N-dealkylation sites (tertiary alicyclic amines) is 1. The van der Waals surface area contributed by atoms with Gasteiger partial charge in [-0.25, -0.2) is 0 Å². The third-order valence-electron chi connectivity index (χ3n) is 4.24. The molecule has 0 amide bonds. The zero-order valence-electron chi connectivity index (χ0n) is 12.3. The Bertz CT molecular complexity index is 481. The summed E-state index contributed by atoms with van der Waals surface area (Å²) in [7, 11) is 4.14. The average Bonchev–Trinajstić information content (AvgIpc) is 2.47. The van der Waals surface area contributed by atoms with E-state index in [4.69, 9.17) is 5.26 Å². The molecule has 4 heteroatoms. The van der Waals surface area contributed by atoms with Crippen LogP contribution in [0.4, 0.5) is 0 Å². The van der Waals surface area contributed by atoms with Crippen molar-refractivity contribution in [2.75, 3.05) is 33.8 Å². The van der Waals surface area contributed by atoms with Gasteiger partial charge in [-0.1, -0.05) is 18.2 Å². The van der Waals surface area contributed by atoms with Gasteiger partial charge >= 0.3 is 0 Å². The molecule has 1 aliphatic rings. The molecule has 0 saturated carbocycles. The van der Waals surface area contributed by atoms with Gasteiger partial charge in [0, 0.05) is 25.7 Å². The van der Waals surface area contributed by atoms with E-state index in [9.17, 15) is 5.11 Å². The lowest BCUT2D eigenvalue weighted by Crippen LogP contribution is -2.51. The second-order valence-corrected chi connectivity index (χ2v) is 5.77. The second-order valence-electron chi connectivity index (χ2n) is 5.77. The van der Waals surface area contributed by atoms with E-state index in [0.717, 1.165) is 37.2 Å². The lowest BCUT2D eigenvalue weighted by molar-refractivity contribution is 0.0460. The first-order valence-electron chi connectivity index (χ1n) is 7.13. The Labute approximate surface area is 121 Å². The molecule has 1 saturated heterocycles. The fourth-order valence-corrected chi connectivity index (χ4v) is 3.00. The number of aliphatic hydroxyl groups excluding tert-OH is 1. The SMILES string of the molecule is CN(C)[C@@H]1CN(Cc2ccccc2C#N)CC[C@@H]1CO. The first-order chi connectivity index (χ1) is 9.65. The van der Waals surface area contributed by atoms with Crippen molar-refractivity contribution in [2.45, 2.75) is 19.0 Å². The summed E-state index contributed by atoms with van der Waals surface area (Å²) >= 11 is 0. The predicted molar refractivity (Wildman–Crippen MR) is 79.1 cm³/mol. The summed E-state index contributed by atoms with van der Waals surface area (Å²) in [6.45, 7) is 2.99. The Hall–Kier alpha value is -1.41. The molecule has 0 aromatic heterocycles. The number of rotatable bonds is 4. The van der Waals surface area contributed by atoms with Crippen molar-refractivity contribution in [1.82, 2.24) is 9.80 Å². The van der Waals surface area contributed by atoms with Crippen molar-refractivity contribution in [3.05, 3.63) is 35.4 Å². The maximum absolute atomic E-state index is 9.48. The van der Waals surface area contributed by atoms with E-state index >= 15 is 0 Å². The summed E-state index contributed by atoms with van der Waals surface area (Å²) in [5, 5.41) is 18.6. The highest BCUT2D eigenvalue weighted by Gasteiger charge is 2.30. The number of nitriles is 1. The lowest BCUT2D eigenvalue weighted by atomic mass is 9.91.